The molecule has 0 heterocycles. The van der Waals surface area contributed by atoms with Crippen LogP contribution in [0.25, 0.3) is 10.8 Å². The van der Waals surface area contributed by atoms with E-state index in [2.05, 4.69) is 10.6 Å². The predicted molar refractivity (Wildman–Crippen MR) is 123 cm³/mol. The number of hydrogen-bond donors (Lipinski definition) is 4. The van der Waals surface area contributed by atoms with Gasteiger partial charge in [-0.1, -0.05) is 72.8 Å². The summed E-state index contributed by atoms with van der Waals surface area (Å²) in [5.41, 5.74) is 1.41. The molecule has 9 heteroatoms. The number of alkyl carbamates (subject to hydrolysis) is 1. The van der Waals surface area contributed by atoms with E-state index in [1.807, 2.05) is 30.3 Å². The zero-order valence-electron chi connectivity index (χ0n) is 18.1. The highest BCUT2D eigenvalue weighted by atomic mass is 16.5. The topological polar surface area (TPSA) is 142 Å². The lowest BCUT2D eigenvalue weighted by Crippen LogP contribution is -2.53. The van der Waals surface area contributed by atoms with Crippen LogP contribution in [0.3, 0.4) is 0 Å². The van der Waals surface area contributed by atoms with Crippen molar-refractivity contribution in [3.63, 3.8) is 0 Å². The lowest BCUT2D eigenvalue weighted by atomic mass is 9.98. The number of benzene rings is 3. The fraction of sp³-hybridized carbons (Fsp3) is 0.200. The molecule has 0 radical (unpaired) electrons. The predicted octanol–water partition coefficient (Wildman–Crippen LogP) is 2.72. The van der Waals surface area contributed by atoms with Crippen molar-refractivity contribution in [3.05, 3.63) is 83.9 Å². The third-order valence-corrected chi connectivity index (χ3v) is 5.12. The minimum absolute atomic E-state index is 0.0271. The number of carboxylic acid groups (broad SMARTS) is 2. The van der Waals surface area contributed by atoms with Gasteiger partial charge >= 0.3 is 18.0 Å². The maximum absolute atomic E-state index is 12.7. The van der Waals surface area contributed by atoms with Gasteiger partial charge in [0.05, 0.1) is 6.42 Å². The number of ether oxygens (including phenoxy) is 1. The highest BCUT2D eigenvalue weighted by molar-refractivity contribution is 5.92. The molecule has 2 amide bonds. The van der Waals surface area contributed by atoms with Crippen molar-refractivity contribution in [2.75, 3.05) is 0 Å². The SMILES string of the molecule is O=C(O)C[C@H](NC(=O)OCc1ccccc1)C(=O)N[C@@H](Cc1cccc2ccccc12)C(=O)O. The Hall–Kier alpha value is -4.40. The first-order valence-corrected chi connectivity index (χ1v) is 10.5. The van der Waals surface area contributed by atoms with Crippen molar-refractivity contribution >= 4 is 34.7 Å². The van der Waals surface area contributed by atoms with E-state index >= 15 is 0 Å². The summed E-state index contributed by atoms with van der Waals surface area (Å²) < 4.78 is 5.05. The van der Waals surface area contributed by atoms with E-state index in [9.17, 15) is 24.3 Å². The normalized spacial score (nSPS) is 12.4. The molecule has 0 bridgehead atoms. The highest BCUT2D eigenvalue weighted by Gasteiger charge is 2.29. The lowest BCUT2D eigenvalue weighted by molar-refractivity contribution is -0.142. The molecule has 2 atom stereocenters. The Bertz CT molecular complexity index is 1170. The van der Waals surface area contributed by atoms with Gasteiger partial charge in [0.2, 0.25) is 5.91 Å². The van der Waals surface area contributed by atoms with Gasteiger partial charge in [0.1, 0.15) is 18.7 Å². The first-order chi connectivity index (χ1) is 16.3. The van der Waals surface area contributed by atoms with Crippen LogP contribution in [0.15, 0.2) is 72.8 Å². The van der Waals surface area contributed by atoms with Crippen LogP contribution >= 0.6 is 0 Å². The third kappa shape index (κ3) is 6.80. The summed E-state index contributed by atoms with van der Waals surface area (Å²) in [5, 5.41) is 25.1. The first kappa shape index (κ1) is 24.2. The van der Waals surface area contributed by atoms with Crippen molar-refractivity contribution in [2.45, 2.75) is 31.5 Å². The smallest absolute Gasteiger partial charge is 0.408 e. The molecule has 0 spiro atoms. The maximum Gasteiger partial charge on any atom is 0.408 e. The quantitative estimate of drug-likeness (QED) is 0.361. The van der Waals surface area contributed by atoms with Gasteiger partial charge in [-0.05, 0) is 21.9 Å². The molecule has 0 saturated carbocycles. The van der Waals surface area contributed by atoms with E-state index in [4.69, 9.17) is 9.84 Å². The second kappa shape index (κ2) is 11.5. The monoisotopic (exact) mass is 464 g/mol. The van der Waals surface area contributed by atoms with Crippen LogP contribution in [0.1, 0.15) is 17.5 Å². The lowest BCUT2D eigenvalue weighted by Gasteiger charge is -2.21. The van der Waals surface area contributed by atoms with E-state index in [1.165, 1.54) is 0 Å². The average molecular weight is 464 g/mol. The van der Waals surface area contributed by atoms with Crippen molar-refractivity contribution in [1.82, 2.24) is 10.6 Å². The van der Waals surface area contributed by atoms with Gasteiger partial charge in [-0.2, -0.15) is 0 Å². The molecule has 3 aromatic rings. The molecule has 0 aliphatic rings. The minimum atomic E-state index is -1.52. The summed E-state index contributed by atoms with van der Waals surface area (Å²) >= 11 is 0. The van der Waals surface area contributed by atoms with E-state index in [-0.39, 0.29) is 13.0 Å². The molecule has 0 unspecified atom stereocenters. The van der Waals surface area contributed by atoms with Gasteiger partial charge in [0.15, 0.2) is 0 Å². The third-order valence-electron chi connectivity index (χ3n) is 5.12. The van der Waals surface area contributed by atoms with Crippen LogP contribution in [-0.4, -0.2) is 46.2 Å². The van der Waals surface area contributed by atoms with E-state index in [1.54, 1.807) is 42.5 Å². The van der Waals surface area contributed by atoms with E-state index in [0.717, 1.165) is 10.8 Å². The molecule has 0 aliphatic carbocycles. The fourth-order valence-corrected chi connectivity index (χ4v) is 3.45. The van der Waals surface area contributed by atoms with Crippen LogP contribution < -0.4 is 10.6 Å². The number of nitrogens with one attached hydrogen (secondary N) is 2. The van der Waals surface area contributed by atoms with Crippen LogP contribution in [0.5, 0.6) is 0 Å². The molecule has 4 N–H and O–H groups in total. The molecule has 0 aliphatic heterocycles. The van der Waals surface area contributed by atoms with Crippen molar-refractivity contribution < 1.29 is 34.1 Å². The zero-order valence-corrected chi connectivity index (χ0v) is 18.1. The van der Waals surface area contributed by atoms with Gasteiger partial charge in [-0.15, -0.1) is 0 Å². The molecule has 0 fully saturated rings. The Morgan fingerprint density at radius 3 is 2.18 bits per heavy atom. The van der Waals surface area contributed by atoms with Crippen molar-refractivity contribution in [3.8, 4) is 0 Å². The molecule has 3 rings (SSSR count). The van der Waals surface area contributed by atoms with Crippen molar-refractivity contribution in [1.29, 1.82) is 0 Å². The van der Waals surface area contributed by atoms with Crippen LogP contribution in [0.4, 0.5) is 4.79 Å². The maximum atomic E-state index is 12.7. The molecule has 34 heavy (non-hydrogen) atoms. The summed E-state index contributed by atoms with van der Waals surface area (Å²) in [5.74, 6) is -3.57. The largest absolute Gasteiger partial charge is 0.481 e. The Balaban J connectivity index is 1.68. The fourth-order valence-electron chi connectivity index (χ4n) is 3.45. The van der Waals surface area contributed by atoms with Gasteiger partial charge in [-0.25, -0.2) is 9.59 Å². The number of amides is 2. The second-order valence-electron chi connectivity index (χ2n) is 7.60. The standard InChI is InChI=1S/C25H24N2O7/c28-22(29)14-20(27-25(33)34-15-16-7-2-1-3-8-16)23(30)26-21(24(31)32)13-18-11-6-10-17-9-4-5-12-19(17)18/h1-12,20-21H,13-15H2,(H,26,30)(H,27,33)(H,28,29)(H,31,32)/t20-,21-/m0/s1. The Labute approximate surface area is 195 Å². The Morgan fingerprint density at radius 2 is 1.47 bits per heavy atom. The molecule has 9 nitrogen and oxygen atoms in total. The molecule has 3 aromatic carbocycles. The summed E-state index contributed by atoms with van der Waals surface area (Å²) in [6, 6.07) is 18.8. The van der Waals surface area contributed by atoms with Crippen molar-refractivity contribution in [2.24, 2.45) is 0 Å². The van der Waals surface area contributed by atoms with Gasteiger partial charge in [0, 0.05) is 6.42 Å². The summed E-state index contributed by atoms with van der Waals surface area (Å²) in [6.45, 7) is -0.0765. The molecular formula is C25H24N2O7. The molecule has 176 valence electrons. The first-order valence-electron chi connectivity index (χ1n) is 10.5. The molecule has 0 saturated heterocycles. The van der Waals surface area contributed by atoms with E-state index in [0.29, 0.717) is 11.1 Å². The summed E-state index contributed by atoms with van der Waals surface area (Å²) in [7, 11) is 0. The van der Waals surface area contributed by atoms with Gasteiger partial charge in [0.25, 0.3) is 0 Å². The van der Waals surface area contributed by atoms with Gasteiger partial charge in [-0.3, -0.25) is 9.59 Å². The zero-order chi connectivity index (χ0) is 24.5. The van der Waals surface area contributed by atoms with Crippen LogP contribution in [0.2, 0.25) is 0 Å². The molecule has 0 aromatic heterocycles. The number of hydrogen-bond acceptors (Lipinski definition) is 5. The van der Waals surface area contributed by atoms with E-state index < -0.39 is 42.4 Å². The summed E-state index contributed by atoms with van der Waals surface area (Å²) in [4.78, 5) is 48.0. The number of aliphatic carboxylic acids is 2. The highest BCUT2D eigenvalue weighted by Crippen LogP contribution is 2.20. The van der Waals surface area contributed by atoms with Crippen LogP contribution in [-0.2, 0) is 32.1 Å². The molecular weight excluding hydrogens is 440 g/mol. The Morgan fingerprint density at radius 1 is 0.794 bits per heavy atom. The minimum Gasteiger partial charge on any atom is -0.481 e. The summed E-state index contributed by atoms with van der Waals surface area (Å²) in [6.07, 6.45) is -1.76. The second-order valence-corrected chi connectivity index (χ2v) is 7.60. The van der Waals surface area contributed by atoms with Gasteiger partial charge < -0.3 is 25.6 Å². The van der Waals surface area contributed by atoms with Crippen LogP contribution in [0, 0.1) is 0 Å². The Kier molecular flexibility index (Phi) is 8.17. The number of fused-ring (bicyclic) bond motifs is 1. The number of carbonyl (C=O) groups excluding carboxylic acids is 2. The average Bonchev–Trinajstić information content (AvgIpc) is 2.82. The number of carboxylic acids is 2. The number of carbonyl (C=O) groups is 4. The number of rotatable bonds is 10.